The lowest BCUT2D eigenvalue weighted by atomic mass is 9.94. The van der Waals surface area contributed by atoms with Gasteiger partial charge in [-0.3, -0.25) is 4.79 Å². The Morgan fingerprint density at radius 1 is 1.17 bits per heavy atom. The second kappa shape index (κ2) is 6.91. The molecule has 2 rings (SSSR count). The summed E-state index contributed by atoms with van der Waals surface area (Å²) in [6.07, 6.45) is 5.76. The summed E-state index contributed by atoms with van der Waals surface area (Å²) in [4.78, 5) is 11.1. The zero-order chi connectivity index (χ0) is 12.8. The number of hydrogen-bond donors (Lipinski definition) is 1. The third-order valence-electron chi connectivity index (χ3n) is 3.53. The van der Waals surface area contributed by atoms with Crippen LogP contribution in [-0.2, 0) is 11.2 Å². The maximum Gasteiger partial charge on any atom is 0.133 e. The van der Waals surface area contributed by atoms with E-state index in [0.717, 1.165) is 50.1 Å². The van der Waals surface area contributed by atoms with E-state index in [1.807, 2.05) is 12.1 Å². The van der Waals surface area contributed by atoms with Gasteiger partial charge in [-0.1, -0.05) is 23.7 Å². The molecule has 0 saturated heterocycles. The fourth-order valence-corrected chi connectivity index (χ4v) is 2.52. The van der Waals surface area contributed by atoms with Crippen molar-refractivity contribution >= 4 is 17.4 Å². The molecule has 0 bridgehead atoms. The average Bonchev–Trinajstić information content (AvgIpc) is 2.39. The number of carbonyl (C=O) groups is 1. The van der Waals surface area contributed by atoms with E-state index >= 15 is 0 Å². The number of halogens is 1. The van der Waals surface area contributed by atoms with Crippen molar-refractivity contribution in [1.29, 1.82) is 0 Å². The first-order chi connectivity index (χ1) is 8.74. The fourth-order valence-electron chi connectivity index (χ4n) is 2.39. The summed E-state index contributed by atoms with van der Waals surface area (Å²) in [5.41, 5.74) is 1.33. The number of ketones is 1. The molecule has 0 aliphatic heterocycles. The molecule has 18 heavy (non-hydrogen) atoms. The Hall–Kier alpha value is -0.860. The van der Waals surface area contributed by atoms with Gasteiger partial charge in [-0.2, -0.15) is 0 Å². The highest BCUT2D eigenvalue weighted by Crippen LogP contribution is 2.15. The van der Waals surface area contributed by atoms with Crippen LogP contribution in [0.1, 0.15) is 37.7 Å². The first kappa shape index (κ1) is 13.6. The molecule has 1 fully saturated rings. The zero-order valence-electron chi connectivity index (χ0n) is 10.6. The van der Waals surface area contributed by atoms with Crippen LogP contribution in [0.2, 0.25) is 5.02 Å². The quantitative estimate of drug-likeness (QED) is 0.827. The van der Waals surface area contributed by atoms with E-state index in [1.54, 1.807) is 0 Å². The molecule has 0 heterocycles. The van der Waals surface area contributed by atoms with Gasteiger partial charge in [0, 0.05) is 23.9 Å². The minimum Gasteiger partial charge on any atom is -0.314 e. The van der Waals surface area contributed by atoms with E-state index in [-0.39, 0.29) is 0 Å². The molecule has 3 heteroatoms. The van der Waals surface area contributed by atoms with Crippen LogP contribution in [0.3, 0.4) is 0 Å². The van der Waals surface area contributed by atoms with Crippen LogP contribution in [0.25, 0.3) is 0 Å². The molecule has 1 aliphatic carbocycles. The van der Waals surface area contributed by atoms with Crippen LogP contribution in [0.4, 0.5) is 0 Å². The number of nitrogens with one attached hydrogen (secondary N) is 1. The van der Waals surface area contributed by atoms with E-state index in [9.17, 15) is 4.79 Å². The molecule has 0 radical (unpaired) electrons. The number of Topliss-reactive ketones (excluding diaryl/α,β-unsaturated/α-hetero) is 1. The van der Waals surface area contributed by atoms with Gasteiger partial charge >= 0.3 is 0 Å². The van der Waals surface area contributed by atoms with Gasteiger partial charge in [-0.05, 0) is 49.9 Å². The van der Waals surface area contributed by atoms with Crippen molar-refractivity contribution < 1.29 is 4.79 Å². The Labute approximate surface area is 114 Å². The van der Waals surface area contributed by atoms with Crippen LogP contribution in [0.15, 0.2) is 24.3 Å². The Morgan fingerprint density at radius 3 is 2.50 bits per heavy atom. The summed E-state index contributed by atoms with van der Waals surface area (Å²) in [6, 6.07) is 8.60. The maximum atomic E-state index is 11.1. The molecule has 0 spiro atoms. The minimum atomic E-state index is 0.425. The fraction of sp³-hybridized carbons (Fsp3) is 0.533. The van der Waals surface area contributed by atoms with Gasteiger partial charge in [0.15, 0.2) is 0 Å². The summed E-state index contributed by atoms with van der Waals surface area (Å²) in [6.45, 7) is 1.03. The molecular formula is C15H20ClNO. The highest BCUT2D eigenvalue weighted by atomic mass is 35.5. The van der Waals surface area contributed by atoms with Crippen molar-refractivity contribution in [1.82, 2.24) is 5.32 Å². The first-order valence-electron chi connectivity index (χ1n) is 6.73. The molecule has 0 amide bonds. The molecule has 1 saturated carbocycles. The highest BCUT2D eigenvalue weighted by Gasteiger charge is 2.17. The largest absolute Gasteiger partial charge is 0.314 e. The van der Waals surface area contributed by atoms with Crippen molar-refractivity contribution in [2.24, 2.45) is 0 Å². The average molecular weight is 266 g/mol. The molecule has 0 atom stereocenters. The lowest BCUT2D eigenvalue weighted by Crippen LogP contribution is -2.34. The number of hydrogen-bond acceptors (Lipinski definition) is 2. The third kappa shape index (κ3) is 4.43. The summed E-state index contributed by atoms with van der Waals surface area (Å²) in [5.74, 6) is 0.425. The Kier molecular flexibility index (Phi) is 5.21. The predicted octanol–water partition coefficient (Wildman–Crippen LogP) is 3.37. The summed E-state index contributed by atoms with van der Waals surface area (Å²) < 4.78 is 0. The molecule has 2 nitrogen and oxygen atoms in total. The SMILES string of the molecule is O=C1CCC(NCCCc2ccc(Cl)cc2)CC1. The molecule has 1 N–H and O–H groups in total. The van der Waals surface area contributed by atoms with Gasteiger partial charge in [-0.25, -0.2) is 0 Å². The van der Waals surface area contributed by atoms with Crippen molar-refractivity contribution in [3.8, 4) is 0 Å². The van der Waals surface area contributed by atoms with E-state index in [0.29, 0.717) is 11.8 Å². The van der Waals surface area contributed by atoms with Gasteiger partial charge in [0.1, 0.15) is 5.78 Å². The molecule has 0 unspecified atom stereocenters. The van der Waals surface area contributed by atoms with Crippen molar-refractivity contribution in [2.45, 2.75) is 44.6 Å². The Balaban J connectivity index is 1.61. The van der Waals surface area contributed by atoms with E-state index in [4.69, 9.17) is 11.6 Å². The Bertz CT molecular complexity index is 378. The van der Waals surface area contributed by atoms with Gasteiger partial charge in [0.2, 0.25) is 0 Å². The molecule has 1 aromatic rings. The van der Waals surface area contributed by atoms with Gasteiger partial charge in [0.25, 0.3) is 0 Å². The maximum absolute atomic E-state index is 11.1. The summed E-state index contributed by atoms with van der Waals surface area (Å²) >= 11 is 5.85. The zero-order valence-corrected chi connectivity index (χ0v) is 11.4. The normalized spacial score (nSPS) is 17.1. The third-order valence-corrected chi connectivity index (χ3v) is 3.78. The molecule has 0 aromatic heterocycles. The topological polar surface area (TPSA) is 29.1 Å². The first-order valence-corrected chi connectivity index (χ1v) is 7.11. The van der Waals surface area contributed by atoms with Gasteiger partial charge < -0.3 is 5.32 Å². The van der Waals surface area contributed by atoms with Crippen LogP contribution in [0.5, 0.6) is 0 Å². The van der Waals surface area contributed by atoms with Crippen LogP contribution in [-0.4, -0.2) is 18.4 Å². The molecule has 98 valence electrons. The second-order valence-electron chi connectivity index (χ2n) is 5.00. The smallest absolute Gasteiger partial charge is 0.133 e. The number of rotatable bonds is 5. The number of aryl methyl sites for hydroxylation is 1. The van der Waals surface area contributed by atoms with Gasteiger partial charge in [0.05, 0.1) is 0 Å². The molecular weight excluding hydrogens is 246 g/mol. The van der Waals surface area contributed by atoms with E-state index < -0.39 is 0 Å². The standard InChI is InChI=1S/C15H20ClNO/c16-13-5-3-12(4-6-13)2-1-11-17-14-7-9-15(18)10-8-14/h3-6,14,17H,1-2,7-11H2. The number of carbonyl (C=O) groups excluding carboxylic acids is 1. The van der Waals surface area contributed by atoms with E-state index in [1.165, 1.54) is 5.56 Å². The summed E-state index contributed by atoms with van der Waals surface area (Å²) in [5, 5.41) is 4.34. The van der Waals surface area contributed by atoms with Gasteiger partial charge in [-0.15, -0.1) is 0 Å². The van der Waals surface area contributed by atoms with Crippen molar-refractivity contribution in [3.05, 3.63) is 34.9 Å². The Morgan fingerprint density at radius 2 is 1.83 bits per heavy atom. The highest BCUT2D eigenvalue weighted by molar-refractivity contribution is 6.30. The second-order valence-corrected chi connectivity index (χ2v) is 5.43. The lowest BCUT2D eigenvalue weighted by molar-refractivity contribution is -0.120. The number of benzene rings is 1. The minimum absolute atomic E-state index is 0.425. The van der Waals surface area contributed by atoms with E-state index in [2.05, 4.69) is 17.4 Å². The van der Waals surface area contributed by atoms with Crippen molar-refractivity contribution in [3.63, 3.8) is 0 Å². The predicted molar refractivity (Wildman–Crippen MR) is 75.0 cm³/mol. The van der Waals surface area contributed by atoms with Crippen LogP contribution < -0.4 is 5.32 Å². The van der Waals surface area contributed by atoms with Crippen molar-refractivity contribution in [2.75, 3.05) is 6.54 Å². The van der Waals surface area contributed by atoms with Crippen LogP contribution >= 0.6 is 11.6 Å². The lowest BCUT2D eigenvalue weighted by Gasteiger charge is -2.22. The summed E-state index contributed by atoms with van der Waals surface area (Å²) in [7, 11) is 0. The molecule has 1 aliphatic rings. The molecule has 1 aromatic carbocycles. The van der Waals surface area contributed by atoms with Crippen LogP contribution in [0, 0.1) is 0 Å². The monoisotopic (exact) mass is 265 g/mol.